The molecule has 7 heteroatoms. The molecule has 0 bridgehead atoms. The van der Waals surface area contributed by atoms with Crippen LogP contribution in [-0.2, 0) is 4.74 Å². The van der Waals surface area contributed by atoms with Crippen LogP contribution in [0.1, 0.15) is 24.2 Å². The highest BCUT2D eigenvalue weighted by atomic mass is 16.6. The molecule has 1 fully saturated rings. The topological polar surface area (TPSA) is 92.9 Å². The smallest absolute Gasteiger partial charge is 0.280 e. The van der Waals surface area contributed by atoms with Crippen LogP contribution in [0.5, 0.6) is 0 Å². The highest BCUT2D eigenvalue weighted by Gasteiger charge is 2.33. The van der Waals surface area contributed by atoms with Crippen LogP contribution >= 0.6 is 0 Å². The molecule has 1 aliphatic heterocycles. The van der Waals surface area contributed by atoms with Crippen LogP contribution in [0, 0.1) is 10.1 Å². The molecule has 0 amide bonds. The van der Waals surface area contributed by atoms with Gasteiger partial charge in [0.05, 0.1) is 28.8 Å². The molecular weight excluding hydrogens is 276 g/mol. The van der Waals surface area contributed by atoms with E-state index in [1.165, 1.54) is 12.1 Å². The Hall–Kier alpha value is -1.99. The van der Waals surface area contributed by atoms with E-state index in [9.17, 15) is 20.0 Å². The maximum atomic E-state index is 11.0. The van der Waals surface area contributed by atoms with Crippen molar-refractivity contribution in [2.24, 2.45) is 0 Å². The lowest BCUT2D eigenvalue weighted by atomic mass is 10.0. The summed E-state index contributed by atoms with van der Waals surface area (Å²) >= 11 is 0. The maximum absolute atomic E-state index is 11.0. The third-order valence-electron chi connectivity index (χ3n) is 3.38. The average molecular weight is 294 g/mol. The van der Waals surface area contributed by atoms with Gasteiger partial charge in [0.2, 0.25) is 0 Å². The second-order valence-electron chi connectivity index (χ2n) is 5.68. The van der Waals surface area contributed by atoms with Gasteiger partial charge in [0.25, 0.3) is 5.69 Å². The fourth-order valence-corrected chi connectivity index (χ4v) is 2.59. The van der Waals surface area contributed by atoms with Crippen molar-refractivity contribution in [3.63, 3.8) is 0 Å². The SMILES string of the molecule is CC1(C)CN(c2ccc([N+](=O)[O-])c(C=O)c2)CC(CO)O1. The number of nitro groups is 1. The van der Waals surface area contributed by atoms with Crippen molar-refractivity contribution in [2.45, 2.75) is 25.6 Å². The molecule has 2 rings (SSSR count). The van der Waals surface area contributed by atoms with Crippen LogP contribution in [0.3, 0.4) is 0 Å². The van der Waals surface area contributed by atoms with Crippen molar-refractivity contribution in [2.75, 3.05) is 24.6 Å². The number of aliphatic hydroxyl groups excluding tert-OH is 1. The van der Waals surface area contributed by atoms with E-state index in [0.29, 0.717) is 25.1 Å². The molecule has 0 saturated carbocycles. The number of ether oxygens (including phenoxy) is 1. The number of morpholine rings is 1. The van der Waals surface area contributed by atoms with E-state index in [4.69, 9.17) is 4.74 Å². The Morgan fingerprint density at radius 3 is 2.86 bits per heavy atom. The minimum absolute atomic E-state index is 0.0438. The third kappa shape index (κ3) is 3.37. The Balaban J connectivity index is 2.32. The number of aliphatic hydroxyl groups is 1. The van der Waals surface area contributed by atoms with Gasteiger partial charge < -0.3 is 14.7 Å². The molecule has 1 atom stereocenters. The number of rotatable bonds is 4. The molecule has 0 aromatic heterocycles. The van der Waals surface area contributed by atoms with Crippen molar-refractivity contribution < 1.29 is 19.6 Å². The molecule has 7 nitrogen and oxygen atoms in total. The summed E-state index contributed by atoms with van der Waals surface area (Å²) in [5, 5.41) is 20.2. The minimum Gasteiger partial charge on any atom is -0.394 e. The summed E-state index contributed by atoms with van der Waals surface area (Å²) in [6.07, 6.45) is 0.153. The largest absolute Gasteiger partial charge is 0.394 e. The van der Waals surface area contributed by atoms with Crippen LogP contribution < -0.4 is 4.90 Å². The minimum atomic E-state index is -0.576. The number of hydrogen-bond acceptors (Lipinski definition) is 6. The van der Waals surface area contributed by atoms with Gasteiger partial charge in [0.1, 0.15) is 0 Å². The van der Waals surface area contributed by atoms with Gasteiger partial charge in [-0.3, -0.25) is 14.9 Å². The van der Waals surface area contributed by atoms with Crippen LogP contribution in [0.15, 0.2) is 18.2 Å². The second kappa shape index (κ2) is 5.79. The van der Waals surface area contributed by atoms with E-state index in [1.54, 1.807) is 6.07 Å². The summed E-state index contributed by atoms with van der Waals surface area (Å²) < 4.78 is 5.72. The molecule has 1 aliphatic rings. The average Bonchev–Trinajstić information content (AvgIpc) is 2.44. The Labute approximate surface area is 122 Å². The molecule has 0 spiro atoms. The van der Waals surface area contributed by atoms with Gasteiger partial charge in [-0.25, -0.2) is 0 Å². The van der Waals surface area contributed by atoms with E-state index in [-0.39, 0.29) is 24.0 Å². The van der Waals surface area contributed by atoms with Crippen molar-refractivity contribution in [1.29, 1.82) is 0 Å². The number of carbonyl (C=O) groups is 1. The zero-order chi connectivity index (χ0) is 15.6. The molecule has 0 aliphatic carbocycles. The van der Waals surface area contributed by atoms with Gasteiger partial charge >= 0.3 is 0 Å². The lowest BCUT2D eigenvalue weighted by Crippen LogP contribution is -2.54. The Morgan fingerprint density at radius 2 is 2.29 bits per heavy atom. The molecular formula is C14H18N2O5. The second-order valence-corrected chi connectivity index (χ2v) is 5.68. The van der Waals surface area contributed by atoms with Crippen LogP contribution in [0.4, 0.5) is 11.4 Å². The summed E-state index contributed by atoms with van der Waals surface area (Å²) in [4.78, 5) is 23.3. The van der Waals surface area contributed by atoms with Crippen LogP contribution in [0.25, 0.3) is 0 Å². The monoisotopic (exact) mass is 294 g/mol. The molecule has 1 heterocycles. The van der Waals surface area contributed by atoms with Crippen molar-refractivity contribution in [3.05, 3.63) is 33.9 Å². The van der Waals surface area contributed by atoms with Gasteiger partial charge in [-0.2, -0.15) is 0 Å². The lowest BCUT2D eigenvalue weighted by Gasteiger charge is -2.43. The van der Waals surface area contributed by atoms with Crippen molar-refractivity contribution in [3.8, 4) is 0 Å². The molecule has 21 heavy (non-hydrogen) atoms. The van der Waals surface area contributed by atoms with Gasteiger partial charge in [-0.1, -0.05) is 0 Å². The lowest BCUT2D eigenvalue weighted by molar-refractivity contribution is -0.385. The van der Waals surface area contributed by atoms with E-state index < -0.39 is 10.5 Å². The van der Waals surface area contributed by atoms with Crippen LogP contribution in [-0.4, -0.2) is 47.7 Å². The summed E-state index contributed by atoms with van der Waals surface area (Å²) in [7, 11) is 0. The number of aldehydes is 1. The van der Waals surface area contributed by atoms with Crippen LogP contribution in [0.2, 0.25) is 0 Å². The highest BCUT2D eigenvalue weighted by molar-refractivity contribution is 5.83. The Bertz CT molecular complexity index is 558. The van der Waals surface area contributed by atoms with E-state index in [0.717, 1.165) is 0 Å². The summed E-state index contributed by atoms with van der Waals surface area (Å²) in [5.41, 5.74) is 0.0919. The number of carbonyl (C=O) groups excluding carboxylic acids is 1. The Kier molecular flexibility index (Phi) is 4.24. The first-order valence-electron chi connectivity index (χ1n) is 6.63. The van der Waals surface area contributed by atoms with Gasteiger partial charge in [0.15, 0.2) is 6.29 Å². The first kappa shape index (κ1) is 15.4. The van der Waals surface area contributed by atoms with Gasteiger partial charge in [-0.15, -0.1) is 0 Å². The summed E-state index contributed by atoms with van der Waals surface area (Å²) in [6.45, 7) is 4.75. The molecule has 1 N–H and O–H groups in total. The zero-order valence-corrected chi connectivity index (χ0v) is 12.0. The van der Waals surface area contributed by atoms with E-state index in [1.807, 2.05) is 18.7 Å². The van der Waals surface area contributed by atoms with Gasteiger partial charge in [-0.05, 0) is 26.0 Å². The molecule has 1 unspecified atom stereocenters. The fourth-order valence-electron chi connectivity index (χ4n) is 2.59. The quantitative estimate of drug-likeness (QED) is 0.512. The highest BCUT2D eigenvalue weighted by Crippen LogP contribution is 2.29. The summed E-state index contributed by atoms with van der Waals surface area (Å²) in [6, 6.07) is 4.44. The standard InChI is InChI=1S/C14H18N2O5/c1-14(2)9-15(6-12(8-18)21-14)11-3-4-13(16(19)20)10(5-11)7-17/h3-5,7,12,18H,6,8-9H2,1-2H3. The Morgan fingerprint density at radius 1 is 1.57 bits per heavy atom. The number of benzene rings is 1. The number of hydrogen-bond donors (Lipinski definition) is 1. The fraction of sp³-hybridized carbons (Fsp3) is 0.500. The molecule has 114 valence electrons. The summed E-state index contributed by atoms with van der Waals surface area (Å²) in [5.74, 6) is 0. The number of nitro benzene ring substituents is 1. The zero-order valence-electron chi connectivity index (χ0n) is 12.0. The van der Waals surface area contributed by atoms with Crippen molar-refractivity contribution >= 4 is 17.7 Å². The van der Waals surface area contributed by atoms with E-state index >= 15 is 0 Å². The number of nitrogens with zero attached hydrogens (tertiary/aromatic N) is 2. The van der Waals surface area contributed by atoms with Gasteiger partial charge in [0, 0.05) is 24.8 Å². The predicted octanol–water partition coefficient (Wildman–Crippen LogP) is 1.38. The maximum Gasteiger partial charge on any atom is 0.280 e. The molecule has 1 saturated heterocycles. The number of anilines is 1. The molecule has 1 aromatic rings. The first-order valence-corrected chi connectivity index (χ1v) is 6.63. The first-order chi connectivity index (χ1) is 9.86. The predicted molar refractivity (Wildman–Crippen MR) is 76.7 cm³/mol. The van der Waals surface area contributed by atoms with E-state index in [2.05, 4.69) is 0 Å². The molecule has 0 radical (unpaired) electrons. The molecule has 1 aromatic carbocycles. The normalized spacial score (nSPS) is 21.1. The third-order valence-corrected chi connectivity index (χ3v) is 3.38. The van der Waals surface area contributed by atoms with Crippen molar-refractivity contribution in [1.82, 2.24) is 0 Å².